The molecule has 0 saturated carbocycles. The van der Waals surface area contributed by atoms with Crippen LogP contribution in [0.15, 0.2) is 18.2 Å². The van der Waals surface area contributed by atoms with E-state index in [1.54, 1.807) is 6.07 Å². The number of amides is 1. The van der Waals surface area contributed by atoms with E-state index in [2.05, 4.69) is 10.6 Å². The first kappa shape index (κ1) is 14.3. The van der Waals surface area contributed by atoms with Gasteiger partial charge in [-0.3, -0.25) is 4.79 Å². The molecule has 1 saturated heterocycles. The lowest BCUT2D eigenvalue weighted by Crippen LogP contribution is -2.36. The predicted octanol–water partition coefficient (Wildman–Crippen LogP) is 2.27. The minimum absolute atomic E-state index is 0.102. The van der Waals surface area contributed by atoms with Crippen LogP contribution in [0.5, 0.6) is 0 Å². The Bertz CT molecular complexity index is 557. The topological polar surface area (TPSA) is 64.9 Å². The zero-order valence-electron chi connectivity index (χ0n) is 10.4. The summed E-state index contributed by atoms with van der Waals surface area (Å²) >= 11 is 0. The fourth-order valence-corrected chi connectivity index (χ4v) is 2.09. The Morgan fingerprint density at radius 3 is 2.75 bits per heavy atom. The number of carbonyl (C=O) groups is 1. The van der Waals surface area contributed by atoms with Crippen LogP contribution in [0.4, 0.5) is 18.9 Å². The maximum atomic E-state index is 12.9. The molecule has 7 heteroatoms. The van der Waals surface area contributed by atoms with Crippen molar-refractivity contribution in [2.75, 3.05) is 11.9 Å². The molecule has 0 bridgehead atoms. The van der Waals surface area contributed by atoms with Gasteiger partial charge in [-0.25, -0.2) is 0 Å². The second-order valence-electron chi connectivity index (χ2n) is 4.51. The highest BCUT2D eigenvalue weighted by atomic mass is 19.4. The summed E-state index contributed by atoms with van der Waals surface area (Å²) in [6, 6.07) is 4.27. The molecule has 2 rings (SSSR count). The van der Waals surface area contributed by atoms with Crippen molar-refractivity contribution in [1.82, 2.24) is 5.32 Å². The highest BCUT2D eigenvalue weighted by Gasteiger charge is 2.35. The monoisotopic (exact) mass is 283 g/mol. The molecule has 20 heavy (non-hydrogen) atoms. The van der Waals surface area contributed by atoms with E-state index in [1.165, 1.54) is 6.07 Å². The van der Waals surface area contributed by atoms with Gasteiger partial charge in [0.1, 0.15) is 0 Å². The van der Waals surface area contributed by atoms with Crippen LogP contribution in [0.2, 0.25) is 0 Å². The summed E-state index contributed by atoms with van der Waals surface area (Å²) in [4.78, 5) is 11.8. The molecule has 1 amide bonds. The Balaban J connectivity index is 2.27. The van der Waals surface area contributed by atoms with Crippen molar-refractivity contribution < 1.29 is 18.0 Å². The number of hydrogen-bond donors (Lipinski definition) is 2. The van der Waals surface area contributed by atoms with Crippen LogP contribution in [-0.4, -0.2) is 18.5 Å². The molecule has 106 valence electrons. The van der Waals surface area contributed by atoms with E-state index in [0.717, 1.165) is 18.6 Å². The van der Waals surface area contributed by atoms with Gasteiger partial charge in [-0.05, 0) is 37.6 Å². The number of nitrogens with one attached hydrogen (secondary N) is 2. The summed E-state index contributed by atoms with van der Waals surface area (Å²) in [7, 11) is 0. The van der Waals surface area contributed by atoms with Crippen molar-refractivity contribution >= 4 is 11.6 Å². The van der Waals surface area contributed by atoms with Gasteiger partial charge in [-0.1, -0.05) is 0 Å². The SMILES string of the molecule is N#Cc1ccc(NC(=O)C2CCCN2)c(C(F)(F)F)c1. The summed E-state index contributed by atoms with van der Waals surface area (Å²) < 4.78 is 38.7. The van der Waals surface area contributed by atoms with E-state index in [4.69, 9.17) is 5.26 Å². The van der Waals surface area contributed by atoms with Crippen molar-refractivity contribution in [3.8, 4) is 6.07 Å². The highest BCUT2D eigenvalue weighted by molar-refractivity contribution is 5.95. The van der Waals surface area contributed by atoms with Gasteiger partial charge in [-0.15, -0.1) is 0 Å². The molecule has 0 aromatic heterocycles. The number of nitriles is 1. The first-order chi connectivity index (χ1) is 9.41. The van der Waals surface area contributed by atoms with Crippen LogP contribution in [0, 0.1) is 11.3 Å². The predicted molar refractivity (Wildman–Crippen MR) is 65.8 cm³/mol. The van der Waals surface area contributed by atoms with Gasteiger partial charge in [0, 0.05) is 0 Å². The molecule has 1 atom stereocenters. The minimum atomic E-state index is -4.63. The Kier molecular flexibility index (Phi) is 3.95. The van der Waals surface area contributed by atoms with E-state index in [-0.39, 0.29) is 11.3 Å². The molecule has 1 aliphatic rings. The average Bonchev–Trinajstić information content (AvgIpc) is 2.91. The molecule has 1 unspecified atom stereocenters. The third-order valence-corrected chi connectivity index (χ3v) is 3.09. The molecule has 1 aromatic carbocycles. The molecule has 1 aliphatic heterocycles. The normalized spacial score (nSPS) is 18.6. The first-order valence-corrected chi connectivity index (χ1v) is 6.07. The molecule has 2 N–H and O–H groups in total. The van der Waals surface area contributed by atoms with Crippen molar-refractivity contribution in [3.63, 3.8) is 0 Å². The fraction of sp³-hybridized carbons (Fsp3) is 0.385. The maximum absolute atomic E-state index is 12.9. The molecular formula is C13H12F3N3O. The number of anilines is 1. The van der Waals surface area contributed by atoms with Crippen LogP contribution in [-0.2, 0) is 11.0 Å². The standard InChI is InChI=1S/C13H12F3N3O/c14-13(15,16)9-6-8(7-17)3-4-10(9)19-12(20)11-2-1-5-18-11/h3-4,6,11,18H,1-2,5H2,(H,19,20). The Hall–Kier alpha value is -2.07. The Morgan fingerprint density at radius 1 is 1.45 bits per heavy atom. The molecule has 1 fully saturated rings. The third-order valence-electron chi connectivity index (χ3n) is 3.09. The largest absolute Gasteiger partial charge is 0.418 e. The second-order valence-corrected chi connectivity index (χ2v) is 4.51. The summed E-state index contributed by atoms with van der Waals surface area (Å²) in [5.41, 5.74) is -1.44. The van der Waals surface area contributed by atoms with E-state index in [1.807, 2.05) is 0 Å². The highest BCUT2D eigenvalue weighted by Crippen LogP contribution is 2.35. The summed E-state index contributed by atoms with van der Waals surface area (Å²) in [5, 5.41) is 13.8. The minimum Gasteiger partial charge on any atom is -0.324 e. The number of carbonyl (C=O) groups excluding carboxylic acids is 1. The summed E-state index contributed by atoms with van der Waals surface area (Å²) in [6.45, 7) is 0.678. The lowest BCUT2D eigenvalue weighted by Gasteiger charge is -2.16. The van der Waals surface area contributed by atoms with Crippen molar-refractivity contribution in [1.29, 1.82) is 5.26 Å². The van der Waals surface area contributed by atoms with E-state index in [0.29, 0.717) is 13.0 Å². The molecule has 4 nitrogen and oxygen atoms in total. The van der Waals surface area contributed by atoms with Gasteiger partial charge < -0.3 is 10.6 Å². The number of alkyl halides is 3. The van der Waals surface area contributed by atoms with Gasteiger partial charge in [0.2, 0.25) is 5.91 Å². The Labute approximate surface area is 113 Å². The van der Waals surface area contributed by atoms with Crippen LogP contribution in [0.1, 0.15) is 24.0 Å². The van der Waals surface area contributed by atoms with E-state index < -0.39 is 23.7 Å². The number of halogens is 3. The van der Waals surface area contributed by atoms with Gasteiger partial charge in [-0.2, -0.15) is 18.4 Å². The first-order valence-electron chi connectivity index (χ1n) is 6.07. The summed E-state index contributed by atoms with van der Waals surface area (Å²) in [5.74, 6) is -0.488. The van der Waals surface area contributed by atoms with E-state index in [9.17, 15) is 18.0 Å². The zero-order valence-corrected chi connectivity index (χ0v) is 10.4. The van der Waals surface area contributed by atoms with Crippen molar-refractivity contribution in [3.05, 3.63) is 29.3 Å². The number of hydrogen-bond acceptors (Lipinski definition) is 3. The molecule has 1 heterocycles. The van der Waals surface area contributed by atoms with Crippen molar-refractivity contribution in [2.24, 2.45) is 0 Å². The van der Waals surface area contributed by atoms with Gasteiger partial charge >= 0.3 is 6.18 Å². The number of benzene rings is 1. The molecule has 0 aliphatic carbocycles. The lowest BCUT2D eigenvalue weighted by molar-refractivity contribution is -0.137. The van der Waals surface area contributed by atoms with Crippen LogP contribution < -0.4 is 10.6 Å². The van der Waals surface area contributed by atoms with Crippen LogP contribution >= 0.6 is 0 Å². The number of nitrogens with zero attached hydrogens (tertiary/aromatic N) is 1. The van der Waals surface area contributed by atoms with Crippen LogP contribution in [0.3, 0.4) is 0 Å². The lowest BCUT2D eigenvalue weighted by atomic mass is 10.1. The van der Waals surface area contributed by atoms with Crippen molar-refractivity contribution in [2.45, 2.75) is 25.1 Å². The third kappa shape index (κ3) is 3.08. The van der Waals surface area contributed by atoms with Gasteiger partial charge in [0.15, 0.2) is 0 Å². The van der Waals surface area contributed by atoms with Gasteiger partial charge in [0.05, 0.1) is 28.9 Å². The molecule has 1 aromatic rings. The quantitative estimate of drug-likeness (QED) is 0.875. The summed E-state index contributed by atoms with van der Waals surface area (Å²) in [6.07, 6.45) is -3.21. The zero-order chi connectivity index (χ0) is 14.8. The second kappa shape index (κ2) is 5.51. The van der Waals surface area contributed by atoms with E-state index >= 15 is 0 Å². The average molecular weight is 283 g/mol. The number of rotatable bonds is 2. The van der Waals surface area contributed by atoms with Crippen LogP contribution in [0.25, 0.3) is 0 Å². The maximum Gasteiger partial charge on any atom is 0.418 e. The molecule has 0 radical (unpaired) electrons. The van der Waals surface area contributed by atoms with Gasteiger partial charge in [0.25, 0.3) is 0 Å². The molecular weight excluding hydrogens is 271 g/mol. The molecule has 0 spiro atoms. The smallest absolute Gasteiger partial charge is 0.324 e. The Morgan fingerprint density at radius 2 is 2.20 bits per heavy atom. The fourth-order valence-electron chi connectivity index (χ4n) is 2.09.